The topological polar surface area (TPSA) is 80.5 Å². The van der Waals surface area contributed by atoms with Crippen LogP contribution in [0.5, 0.6) is 11.5 Å². The third-order valence-corrected chi connectivity index (χ3v) is 6.21. The predicted molar refractivity (Wildman–Crippen MR) is 134 cm³/mol. The zero-order valence-corrected chi connectivity index (χ0v) is 20.1. The molecular formula is C27H24ClFN4O3. The number of nitrogens with one attached hydrogen (secondary N) is 1. The summed E-state index contributed by atoms with van der Waals surface area (Å²) in [7, 11) is 0. The Morgan fingerprint density at radius 1 is 1.14 bits per heavy atom. The van der Waals surface area contributed by atoms with Crippen molar-refractivity contribution in [3.05, 3.63) is 89.5 Å². The van der Waals surface area contributed by atoms with Crippen LogP contribution < -0.4 is 10.1 Å². The average molecular weight is 507 g/mol. The molecule has 1 N–H and O–H groups in total. The molecule has 1 aliphatic heterocycles. The number of hydrogen-bond donors (Lipinski definition) is 1. The Morgan fingerprint density at radius 2 is 1.94 bits per heavy atom. The fourth-order valence-corrected chi connectivity index (χ4v) is 4.35. The predicted octanol–water partition coefficient (Wildman–Crippen LogP) is 6.17. The van der Waals surface area contributed by atoms with Crippen LogP contribution >= 0.6 is 11.6 Å². The Hall–Kier alpha value is -3.75. The fourth-order valence-electron chi connectivity index (χ4n) is 4.18. The highest BCUT2D eigenvalue weighted by atomic mass is 35.5. The number of aromatic nitrogens is 2. The first-order valence-electron chi connectivity index (χ1n) is 11.7. The van der Waals surface area contributed by atoms with E-state index in [4.69, 9.17) is 20.9 Å². The number of rotatable bonds is 7. The van der Waals surface area contributed by atoms with Crippen LogP contribution in [0, 0.1) is 11.7 Å². The van der Waals surface area contributed by atoms with Crippen molar-refractivity contribution in [3.63, 3.8) is 0 Å². The Labute approximate surface area is 212 Å². The van der Waals surface area contributed by atoms with Gasteiger partial charge in [0.1, 0.15) is 11.6 Å². The average Bonchev–Trinajstić information content (AvgIpc) is 3.35. The van der Waals surface area contributed by atoms with Crippen LogP contribution in [0.25, 0.3) is 11.4 Å². The third kappa shape index (κ3) is 5.90. The molecule has 1 amide bonds. The van der Waals surface area contributed by atoms with Crippen molar-refractivity contribution in [1.82, 2.24) is 15.0 Å². The number of carbonyl (C=O) groups is 1. The molecule has 1 fully saturated rings. The second-order valence-corrected chi connectivity index (χ2v) is 9.07. The second kappa shape index (κ2) is 10.9. The molecule has 1 saturated heterocycles. The van der Waals surface area contributed by atoms with E-state index in [9.17, 15) is 9.18 Å². The van der Waals surface area contributed by atoms with Crippen molar-refractivity contribution in [3.8, 4) is 22.9 Å². The van der Waals surface area contributed by atoms with Crippen molar-refractivity contribution in [2.45, 2.75) is 19.4 Å². The number of benzene rings is 3. The summed E-state index contributed by atoms with van der Waals surface area (Å²) in [5.74, 6) is 1.40. The van der Waals surface area contributed by atoms with Crippen LogP contribution in [0.3, 0.4) is 0 Å². The number of nitrogens with zero attached hydrogens (tertiary/aromatic N) is 3. The van der Waals surface area contributed by atoms with Crippen LogP contribution in [0.15, 0.2) is 77.3 Å². The molecule has 1 aromatic heterocycles. The van der Waals surface area contributed by atoms with Crippen LogP contribution in [0.2, 0.25) is 5.02 Å². The van der Waals surface area contributed by atoms with Crippen molar-refractivity contribution in [2.24, 2.45) is 5.92 Å². The number of anilines is 1. The maximum absolute atomic E-state index is 13.2. The third-order valence-electron chi connectivity index (χ3n) is 5.98. The van der Waals surface area contributed by atoms with E-state index in [2.05, 4.69) is 20.4 Å². The number of hydrogen-bond acceptors (Lipinski definition) is 6. The maximum atomic E-state index is 13.2. The van der Waals surface area contributed by atoms with Gasteiger partial charge in [0, 0.05) is 17.1 Å². The van der Waals surface area contributed by atoms with E-state index in [0.29, 0.717) is 52.6 Å². The summed E-state index contributed by atoms with van der Waals surface area (Å²) in [5, 5.41) is 7.51. The molecule has 0 radical (unpaired) electrons. The standard InChI is InChI=1S/C27H24ClFN4O3/c28-20-10-13-24(35-22-6-2-1-3-7-22)23(15-20)30-27(34)19-5-4-14-33(16-19)17-25-31-26(32-36-25)18-8-11-21(29)12-9-18/h1-3,6-13,15,19H,4-5,14,16-17H2,(H,30,34). The number of ether oxygens (including phenoxy) is 1. The minimum atomic E-state index is -0.323. The summed E-state index contributed by atoms with van der Waals surface area (Å²) in [6, 6.07) is 20.4. The van der Waals surface area contributed by atoms with E-state index in [0.717, 1.165) is 19.4 Å². The van der Waals surface area contributed by atoms with Crippen LogP contribution in [-0.4, -0.2) is 34.0 Å². The minimum absolute atomic E-state index is 0.0996. The normalized spacial score (nSPS) is 16.0. The molecule has 1 atom stereocenters. The van der Waals surface area contributed by atoms with E-state index >= 15 is 0 Å². The van der Waals surface area contributed by atoms with Gasteiger partial charge in [0.05, 0.1) is 18.2 Å². The van der Waals surface area contributed by atoms with E-state index in [1.54, 1.807) is 30.3 Å². The van der Waals surface area contributed by atoms with Crippen molar-refractivity contribution >= 4 is 23.2 Å². The number of likely N-dealkylation sites (tertiary alicyclic amines) is 1. The molecule has 36 heavy (non-hydrogen) atoms. The van der Waals surface area contributed by atoms with Gasteiger partial charge in [0.2, 0.25) is 17.6 Å². The lowest BCUT2D eigenvalue weighted by atomic mass is 9.97. The number of carbonyl (C=O) groups excluding carboxylic acids is 1. The highest BCUT2D eigenvalue weighted by Crippen LogP contribution is 2.33. The lowest BCUT2D eigenvalue weighted by molar-refractivity contribution is -0.121. The molecule has 0 bridgehead atoms. The van der Waals surface area contributed by atoms with E-state index < -0.39 is 0 Å². The Kier molecular flexibility index (Phi) is 7.25. The Balaban J connectivity index is 1.23. The number of para-hydroxylation sites is 1. The van der Waals surface area contributed by atoms with E-state index in [1.807, 2.05) is 30.3 Å². The van der Waals surface area contributed by atoms with E-state index in [-0.39, 0.29) is 17.6 Å². The molecule has 4 aromatic rings. The zero-order valence-electron chi connectivity index (χ0n) is 19.4. The largest absolute Gasteiger partial charge is 0.455 e. The van der Waals surface area contributed by atoms with Gasteiger partial charge in [-0.1, -0.05) is 35.0 Å². The molecule has 5 rings (SSSR count). The molecule has 3 aromatic carbocycles. The first-order chi connectivity index (χ1) is 17.5. The van der Waals surface area contributed by atoms with Gasteiger partial charge >= 0.3 is 0 Å². The van der Waals surface area contributed by atoms with Crippen molar-refractivity contribution < 1.29 is 18.4 Å². The fraction of sp³-hybridized carbons (Fsp3) is 0.222. The molecule has 1 unspecified atom stereocenters. The van der Waals surface area contributed by atoms with Crippen molar-refractivity contribution in [1.29, 1.82) is 0 Å². The summed E-state index contributed by atoms with van der Waals surface area (Å²) in [6.07, 6.45) is 1.63. The summed E-state index contributed by atoms with van der Waals surface area (Å²) in [6.45, 7) is 1.80. The van der Waals surface area contributed by atoms with Gasteiger partial charge in [-0.2, -0.15) is 4.98 Å². The first kappa shape index (κ1) is 24.0. The second-order valence-electron chi connectivity index (χ2n) is 8.64. The number of amides is 1. The molecule has 0 saturated carbocycles. The number of halogens is 2. The van der Waals surface area contributed by atoms with Crippen LogP contribution in [0.1, 0.15) is 18.7 Å². The summed E-state index contributed by atoms with van der Waals surface area (Å²) >= 11 is 6.20. The molecule has 1 aliphatic rings. The van der Waals surface area contributed by atoms with Gasteiger partial charge in [-0.25, -0.2) is 4.39 Å². The number of piperidine rings is 1. The summed E-state index contributed by atoms with van der Waals surface area (Å²) < 4.78 is 24.5. The quantitative estimate of drug-likeness (QED) is 0.323. The Morgan fingerprint density at radius 3 is 2.75 bits per heavy atom. The van der Waals surface area contributed by atoms with E-state index in [1.165, 1.54) is 12.1 Å². The lowest BCUT2D eigenvalue weighted by Gasteiger charge is -2.31. The molecule has 0 spiro atoms. The monoisotopic (exact) mass is 506 g/mol. The van der Waals surface area contributed by atoms with Gasteiger partial charge in [0.25, 0.3) is 0 Å². The molecule has 7 nitrogen and oxygen atoms in total. The van der Waals surface area contributed by atoms with Gasteiger partial charge in [0.15, 0.2) is 5.75 Å². The SMILES string of the molecule is O=C(Nc1cc(Cl)ccc1Oc1ccccc1)C1CCCN(Cc2nc(-c3ccc(F)cc3)no2)C1. The molecule has 9 heteroatoms. The summed E-state index contributed by atoms with van der Waals surface area (Å²) in [5.41, 5.74) is 1.20. The van der Waals surface area contributed by atoms with Gasteiger partial charge < -0.3 is 14.6 Å². The molecule has 184 valence electrons. The summed E-state index contributed by atoms with van der Waals surface area (Å²) in [4.78, 5) is 19.7. The minimum Gasteiger partial charge on any atom is -0.455 e. The maximum Gasteiger partial charge on any atom is 0.241 e. The van der Waals surface area contributed by atoms with Gasteiger partial charge in [-0.15, -0.1) is 0 Å². The highest BCUT2D eigenvalue weighted by Gasteiger charge is 2.27. The zero-order chi connectivity index (χ0) is 24.9. The molecular weight excluding hydrogens is 483 g/mol. The molecule has 0 aliphatic carbocycles. The highest BCUT2D eigenvalue weighted by molar-refractivity contribution is 6.31. The lowest BCUT2D eigenvalue weighted by Crippen LogP contribution is -2.40. The van der Waals surface area contributed by atoms with Crippen LogP contribution in [0.4, 0.5) is 10.1 Å². The first-order valence-corrected chi connectivity index (χ1v) is 12.1. The van der Waals surface area contributed by atoms with Gasteiger partial charge in [-0.3, -0.25) is 9.69 Å². The Bertz CT molecular complexity index is 1330. The van der Waals surface area contributed by atoms with Gasteiger partial charge in [-0.05, 0) is 74.0 Å². The van der Waals surface area contributed by atoms with Crippen LogP contribution in [-0.2, 0) is 11.3 Å². The molecule has 2 heterocycles. The van der Waals surface area contributed by atoms with Crippen molar-refractivity contribution in [2.75, 3.05) is 18.4 Å². The smallest absolute Gasteiger partial charge is 0.241 e.